The molecule has 0 spiro atoms. The first-order valence-electron chi connectivity index (χ1n) is 10.8. The van der Waals surface area contributed by atoms with E-state index in [0.29, 0.717) is 16.2 Å². The maximum atomic E-state index is 13.1. The number of carbonyl (C=O) groups excluding carboxylic acids is 1. The molecule has 4 heterocycles. The summed E-state index contributed by atoms with van der Waals surface area (Å²) in [4.78, 5) is 38.1. The van der Waals surface area contributed by atoms with Crippen LogP contribution in [0.3, 0.4) is 0 Å². The zero-order valence-electron chi connectivity index (χ0n) is 17.6. The van der Waals surface area contributed by atoms with Crippen molar-refractivity contribution < 1.29 is 9.53 Å². The average Bonchev–Trinajstić information content (AvgIpc) is 3.50. The average molecular weight is 474 g/mol. The molecular formula is C25H19N3O3S2. The number of thiophene rings is 1. The fraction of sp³-hybridized carbons (Fsp3) is 0.200. The molecule has 33 heavy (non-hydrogen) atoms. The molecule has 5 aromatic rings. The van der Waals surface area contributed by atoms with Crippen molar-refractivity contribution in [2.75, 3.05) is 0 Å². The van der Waals surface area contributed by atoms with Gasteiger partial charge in [-0.3, -0.25) is 9.20 Å². The molecule has 0 bridgehead atoms. The highest BCUT2D eigenvalue weighted by atomic mass is 32.1. The Bertz CT molecular complexity index is 1570. The van der Waals surface area contributed by atoms with Gasteiger partial charge in [0, 0.05) is 22.0 Å². The lowest BCUT2D eigenvalue weighted by molar-refractivity contribution is 0.0470. The quantitative estimate of drug-likeness (QED) is 0.333. The fourth-order valence-electron chi connectivity index (χ4n) is 4.33. The second-order valence-electron chi connectivity index (χ2n) is 8.01. The van der Waals surface area contributed by atoms with Crippen LogP contribution in [0.5, 0.6) is 0 Å². The van der Waals surface area contributed by atoms with Gasteiger partial charge >= 0.3 is 5.97 Å². The third-order valence-corrected chi connectivity index (χ3v) is 7.91. The van der Waals surface area contributed by atoms with Crippen LogP contribution >= 0.6 is 22.7 Å². The number of esters is 1. The van der Waals surface area contributed by atoms with Crippen LogP contribution in [0.1, 0.15) is 39.5 Å². The second kappa shape index (κ2) is 8.20. The van der Waals surface area contributed by atoms with Crippen molar-refractivity contribution in [1.82, 2.24) is 14.4 Å². The Morgan fingerprint density at radius 1 is 1.06 bits per heavy atom. The number of benzene rings is 1. The number of aromatic nitrogens is 3. The number of para-hydroxylation sites is 1. The molecule has 0 saturated carbocycles. The van der Waals surface area contributed by atoms with Crippen LogP contribution in [0.2, 0.25) is 0 Å². The number of hydrogen-bond donors (Lipinski definition) is 0. The summed E-state index contributed by atoms with van der Waals surface area (Å²) >= 11 is 3.13. The summed E-state index contributed by atoms with van der Waals surface area (Å²) in [5.74, 6) is -0.459. The Labute approximate surface area is 197 Å². The molecule has 1 aliphatic rings. The molecule has 6 rings (SSSR count). The van der Waals surface area contributed by atoms with Crippen molar-refractivity contribution >= 4 is 44.5 Å². The van der Waals surface area contributed by atoms with E-state index < -0.39 is 5.97 Å². The number of carbonyl (C=O) groups is 1. The number of ether oxygens (including phenoxy) is 1. The largest absolute Gasteiger partial charge is 0.456 e. The van der Waals surface area contributed by atoms with Gasteiger partial charge in [-0.2, -0.15) is 0 Å². The summed E-state index contributed by atoms with van der Waals surface area (Å²) in [7, 11) is 0. The molecule has 164 valence electrons. The van der Waals surface area contributed by atoms with Crippen molar-refractivity contribution in [3.63, 3.8) is 0 Å². The van der Waals surface area contributed by atoms with Gasteiger partial charge < -0.3 is 4.74 Å². The van der Waals surface area contributed by atoms with E-state index in [1.165, 1.54) is 10.9 Å². The smallest absolute Gasteiger partial charge is 0.339 e. The molecule has 0 aliphatic heterocycles. The molecule has 0 amide bonds. The third-order valence-electron chi connectivity index (χ3n) is 5.88. The monoisotopic (exact) mass is 473 g/mol. The molecule has 1 aliphatic carbocycles. The van der Waals surface area contributed by atoms with Gasteiger partial charge in [-0.1, -0.05) is 24.3 Å². The second-order valence-corrected chi connectivity index (χ2v) is 10.0. The van der Waals surface area contributed by atoms with E-state index in [-0.39, 0.29) is 12.2 Å². The Kier molecular flexibility index (Phi) is 5.04. The Morgan fingerprint density at radius 2 is 1.94 bits per heavy atom. The van der Waals surface area contributed by atoms with E-state index in [9.17, 15) is 9.59 Å². The number of nitrogens with zero attached hydrogens (tertiary/aromatic N) is 3. The van der Waals surface area contributed by atoms with Gasteiger partial charge in [0.1, 0.15) is 6.61 Å². The van der Waals surface area contributed by atoms with E-state index in [1.807, 2.05) is 41.8 Å². The van der Waals surface area contributed by atoms with E-state index in [2.05, 4.69) is 4.98 Å². The highest BCUT2D eigenvalue weighted by Crippen LogP contribution is 2.29. The highest BCUT2D eigenvalue weighted by Gasteiger charge is 2.20. The standard InChI is InChI=1S/C25H19N3O3S2/c29-23-12-15(26-25-28(23)20-8-3-4-9-22(20)33-25)14-31-24(30)17-13-19(21-10-5-11-32-21)27-18-7-2-1-6-16(17)18/h1-2,5-7,10-13H,3-4,8-9,14H2. The predicted octanol–water partition coefficient (Wildman–Crippen LogP) is 5.27. The minimum atomic E-state index is -0.459. The molecule has 0 saturated heterocycles. The third kappa shape index (κ3) is 3.65. The molecule has 1 aromatic carbocycles. The first-order valence-corrected chi connectivity index (χ1v) is 12.5. The summed E-state index contributed by atoms with van der Waals surface area (Å²) in [5, 5.41) is 2.71. The van der Waals surface area contributed by atoms with Gasteiger partial charge in [-0.05, 0) is 49.3 Å². The van der Waals surface area contributed by atoms with Gasteiger partial charge in [-0.15, -0.1) is 22.7 Å². The molecule has 4 aromatic heterocycles. The van der Waals surface area contributed by atoms with Crippen LogP contribution in [0.4, 0.5) is 0 Å². The molecule has 6 nitrogen and oxygen atoms in total. The van der Waals surface area contributed by atoms with Crippen molar-refractivity contribution in [2.45, 2.75) is 32.3 Å². The fourth-order valence-corrected chi connectivity index (χ4v) is 6.25. The predicted molar refractivity (Wildman–Crippen MR) is 130 cm³/mol. The number of pyridine rings is 1. The molecule has 0 atom stereocenters. The number of rotatable bonds is 4. The number of thiazole rings is 1. The number of hydrogen-bond acceptors (Lipinski definition) is 7. The van der Waals surface area contributed by atoms with Crippen molar-refractivity contribution in [1.29, 1.82) is 0 Å². The molecule has 8 heteroatoms. The minimum absolute atomic E-state index is 0.0574. The van der Waals surface area contributed by atoms with Crippen molar-refractivity contribution in [3.05, 3.63) is 86.1 Å². The lowest BCUT2D eigenvalue weighted by atomic mass is 10.0. The normalized spacial score (nSPS) is 13.3. The topological polar surface area (TPSA) is 73.6 Å². The molecule has 0 fully saturated rings. The Balaban J connectivity index is 1.32. The lowest BCUT2D eigenvalue weighted by Gasteiger charge is -2.10. The van der Waals surface area contributed by atoms with Crippen molar-refractivity contribution in [3.8, 4) is 10.6 Å². The highest BCUT2D eigenvalue weighted by molar-refractivity contribution is 7.17. The molecular weight excluding hydrogens is 454 g/mol. The van der Waals surface area contributed by atoms with E-state index in [1.54, 1.807) is 33.1 Å². The Morgan fingerprint density at radius 3 is 2.82 bits per heavy atom. The summed E-state index contributed by atoms with van der Waals surface area (Å²) in [6.07, 6.45) is 4.14. The maximum absolute atomic E-state index is 13.1. The van der Waals surface area contributed by atoms with Crippen LogP contribution in [0.15, 0.2) is 58.7 Å². The van der Waals surface area contributed by atoms with Gasteiger partial charge in [0.25, 0.3) is 5.56 Å². The molecule has 0 unspecified atom stereocenters. The van der Waals surface area contributed by atoms with Crippen LogP contribution in [-0.2, 0) is 24.2 Å². The molecule has 0 radical (unpaired) electrons. The van der Waals surface area contributed by atoms with Crippen molar-refractivity contribution in [2.24, 2.45) is 0 Å². The van der Waals surface area contributed by atoms with E-state index >= 15 is 0 Å². The van der Waals surface area contributed by atoms with Crippen LogP contribution < -0.4 is 5.56 Å². The molecule has 0 N–H and O–H groups in total. The maximum Gasteiger partial charge on any atom is 0.339 e. The lowest BCUT2D eigenvalue weighted by Crippen LogP contribution is -2.18. The van der Waals surface area contributed by atoms with E-state index in [0.717, 1.165) is 52.9 Å². The van der Waals surface area contributed by atoms with Gasteiger partial charge in [0.05, 0.1) is 27.3 Å². The Hall–Kier alpha value is -3.36. The van der Waals surface area contributed by atoms with Crippen LogP contribution in [-0.4, -0.2) is 20.3 Å². The minimum Gasteiger partial charge on any atom is -0.456 e. The van der Waals surface area contributed by atoms with Crippen LogP contribution in [0, 0.1) is 0 Å². The van der Waals surface area contributed by atoms with Gasteiger partial charge in [0.2, 0.25) is 0 Å². The first kappa shape index (κ1) is 20.3. The zero-order chi connectivity index (χ0) is 22.4. The van der Waals surface area contributed by atoms with Gasteiger partial charge in [0.15, 0.2) is 4.96 Å². The van der Waals surface area contributed by atoms with Gasteiger partial charge in [-0.25, -0.2) is 14.8 Å². The summed E-state index contributed by atoms with van der Waals surface area (Å²) in [6.45, 7) is -0.0574. The van der Waals surface area contributed by atoms with E-state index in [4.69, 9.17) is 9.72 Å². The summed E-state index contributed by atoms with van der Waals surface area (Å²) < 4.78 is 7.35. The SMILES string of the molecule is O=C(OCc1cc(=O)n2c3c(sc2n1)CCCC3)c1cc(-c2cccs2)nc2ccccc12. The first-order chi connectivity index (χ1) is 16.2. The van der Waals surface area contributed by atoms with Crippen LogP contribution in [0.25, 0.3) is 26.4 Å². The number of aryl methyl sites for hydroxylation is 2. The summed E-state index contributed by atoms with van der Waals surface area (Å²) in [5.41, 5.74) is 3.36. The summed E-state index contributed by atoms with van der Waals surface area (Å²) in [6, 6.07) is 14.7. The number of fused-ring (bicyclic) bond motifs is 4. The zero-order valence-corrected chi connectivity index (χ0v) is 19.2.